The van der Waals surface area contributed by atoms with Gasteiger partial charge in [0.2, 0.25) is 5.91 Å². The highest BCUT2D eigenvalue weighted by Gasteiger charge is 2.09. The number of hydrogen-bond acceptors (Lipinski definition) is 4. The molecule has 3 N–H and O–H groups in total. The third kappa shape index (κ3) is 4.91. The van der Waals surface area contributed by atoms with E-state index < -0.39 is 24.3 Å². The molecule has 0 aliphatic rings. The predicted molar refractivity (Wildman–Crippen MR) is 64.9 cm³/mol. The monoisotopic (exact) mass is 315 g/mol. The normalized spacial score (nSPS) is 9.61. The number of amides is 2. The number of nitrogens with one attached hydrogen (secondary N) is 2. The van der Waals surface area contributed by atoms with Gasteiger partial charge in [-0.25, -0.2) is 0 Å². The minimum absolute atomic E-state index is 0.293. The standard InChI is InChI=1S/C10H10BrN3O4/c11-7-1-6(2-12-3-7)10(18)14-4-8(15)13-5-9(16)17/h1-3H,4-5H2,(H,13,15)(H,14,18)(H,16,17). The van der Waals surface area contributed by atoms with E-state index in [-0.39, 0.29) is 6.54 Å². The van der Waals surface area contributed by atoms with Gasteiger partial charge in [-0.05, 0) is 22.0 Å². The second-order valence-corrected chi connectivity index (χ2v) is 4.16. The Hall–Kier alpha value is -1.96. The van der Waals surface area contributed by atoms with Crippen LogP contribution in [-0.2, 0) is 9.59 Å². The first-order chi connectivity index (χ1) is 8.49. The Morgan fingerprint density at radius 2 is 1.94 bits per heavy atom. The predicted octanol–water partition coefficient (Wildman–Crippen LogP) is -0.225. The van der Waals surface area contributed by atoms with E-state index in [4.69, 9.17) is 5.11 Å². The zero-order chi connectivity index (χ0) is 13.5. The second-order valence-electron chi connectivity index (χ2n) is 3.24. The Morgan fingerprint density at radius 1 is 1.22 bits per heavy atom. The average Bonchev–Trinajstić information content (AvgIpc) is 2.33. The quantitative estimate of drug-likeness (QED) is 0.696. The Bertz CT molecular complexity index is 478. The zero-order valence-corrected chi connectivity index (χ0v) is 10.7. The van der Waals surface area contributed by atoms with Crippen molar-refractivity contribution in [2.24, 2.45) is 0 Å². The molecule has 0 saturated heterocycles. The van der Waals surface area contributed by atoms with Crippen LogP contribution in [0.2, 0.25) is 0 Å². The lowest BCUT2D eigenvalue weighted by Crippen LogP contribution is -2.39. The highest BCUT2D eigenvalue weighted by Crippen LogP contribution is 2.08. The fraction of sp³-hybridized carbons (Fsp3) is 0.200. The van der Waals surface area contributed by atoms with Gasteiger partial charge in [0.25, 0.3) is 5.91 Å². The number of rotatable bonds is 5. The Balaban J connectivity index is 2.42. The molecule has 0 atom stereocenters. The lowest BCUT2D eigenvalue weighted by Gasteiger charge is -2.05. The molecular formula is C10H10BrN3O4. The molecular weight excluding hydrogens is 306 g/mol. The van der Waals surface area contributed by atoms with Crippen LogP contribution in [0, 0.1) is 0 Å². The summed E-state index contributed by atoms with van der Waals surface area (Å²) in [5.74, 6) is -2.19. The summed E-state index contributed by atoms with van der Waals surface area (Å²) < 4.78 is 0.644. The van der Waals surface area contributed by atoms with Crippen molar-refractivity contribution in [3.63, 3.8) is 0 Å². The molecule has 0 aliphatic heterocycles. The van der Waals surface area contributed by atoms with Crippen LogP contribution >= 0.6 is 15.9 Å². The van der Waals surface area contributed by atoms with E-state index in [0.717, 1.165) is 0 Å². The van der Waals surface area contributed by atoms with Crippen molar-refractivity contribution in [2.75, 3.05) is 13.1 Å². The molecule has 1 aromatic rings. The summed E-state index contributed by atoms with van der Waals surface area (Å²) in [6, 6.07) is 1.55. The minimum atomic E-state index is -1.15. The molecule has 8 heteroatoms. The summed E-state index contributed by atoms with van der Waals surface area (Å²) in [5.41, 5.74) is 0.301. The summed E-state index contributed by atoms with van der Waals surface area (Å²) in [4.78, 5) is 36.7. The molecule has 0 radical (unpaired) electrons. The first-order valence-electron chi connectivity index (χ1n) is 4.86. The van der Waals surface area contributed by atoms with Crippen LogP contribution in [0.15, 0.2) is 22.9 Å². The van der Waals surface area contributed by atoms with Gasteiger partial charge >= 0.3 is 5.97 Å². The maximum absolute atomic E-state index is 11.6. The third-order valence-corrected chi connectivity index (χ3v) is 2.25. The number of carboxylic acid groups (broad SMARTS) is 1. The molecule has 96 valence electrons. The summed E-state index contributed by atoms with van der Waals surface area (Å²) in [6.45, 7) is -0.772. The van der Waals surface area contributed by atoms with Crippen molar-refractivity contribution in [3.05, 3.63) is 28.5 Å². The van der Waals surface area contributed by atoms with Crippen LogP contribution in [0.25, 0.3) is 0 Å². The van der Waals surface area contributed by atoms with Gasteiger partial charge < -0.3 is 15.7 Å². The molecule has 0 bridgehead atoms. The van der Waals surface area contributed by atoms with E-state index in [2.05, 4.69) is 31.5 Å². The van der Waals surface area contributed by atoms with Crippen molar-refractivity contribution >= 4 is 33.7 Å². The van der Waals surface area contributed by atoms with E-state index in [0.29, 0.717) is 10.0 Å². The lowest BCUT2D eigenvalue weighted by atomic mass is 10.3. The largest absolute Gasteiger partial charge is 0.480 e. The van der Waals surface area contributed by atoms with Crippen molar-refractivity contribution in [2.45, 2.75) is 0 Å². The molecule has 1 rings (SSSR count). The van der Waals surface area contributed by atoms with Crippen LogP contribution in [0.5, 0.6) is 0 Å². The maximum atomic E-state index is 11.6. The second kappa shape index (κ2) is 6.70. The van der Waals surface area contributed by atoms with Gasteiger partial charge in [0.05, 0.1) is 12.1 Å². The van der Waals surface area contributed by atoms with E-state index in [1.54, 1.807) is 6.07 Å². The SMILES string of the molecule is O=C(O)CNC(=O)CNC(=O)c1cncc(Br)c1. The van der Waals surface area contributed by atoms with Crippen molar-refractivity contribution in [3.8, 4) is 0 Å². The highest BCUT2D eigenvalue weighted by molar-refractivity contribution is 9.10. The van der Waals surface area contributed by atoms with E-state index in [9.17, 15) is 14.4 Å². The highest BCUT2D eigenvalue weighted by atomic mass is 79.9. The van der Waals surface area contributed by atoms with Crippen LogP contribution in [0.3, 0.4) is 0 Å². The van der Waals surface area contributed by atoms with Gasteiger partial charge in [0, 0.05) is 16.9 Å². The fourth-order valence-corrected chi connectivity index (χ4v) is 1.40. The van der Waals surface area contributed by atoms with Gasteiger partial charge in [0.1, 0.15) is 6.54 Å². The van der Waals surface area contributed by atoms with E-state index in [1.165, 1.54) is 12.4 Å². The first kappa shape index (κ1) is 14.1. The number of carbonyl (C=O) groups excluding carboxylic acids is 2. The van der Waals surface area contributed by atoms with Crippen LogP contribution < -0.4 is 10.6 Å². The van der Waals surface area contributed by atoms with Gasteiger partial charge in [-0.3, -0.25) is 19.4 Å². The first-order valence-corrected chi connectivity index (χ1v) is 5.65. The Morgan fingerprint density at radius 3 is 2.56 bits per heavy atom. The fourth-order valence-electron chi connectivity index (χ4n) is 1.04. The average molecular weight is 316 g/mol. The molecule has 7 nitrogen and oxygen atoms in total. The smallest absolute Gasteiger partial charge is 0.322 e. The van der Waals surface area contributed by atoms with Crippen LogP contribution in [-0.4, -0.2) is 41.0 Å². The van der Waals surface area contributed by atoms with Gasteiger partial charge in [-0.2, -0.15) is 0 Å². The van der Waals surface area contributed by atoms with Gasteiger partial charge in [0.15, 0.2) is 0 Å². The molecule has 2 amide bonds. The molecule has 18 heavy (non-hydrogen) atoms. The van der Waals surface area contributed by atoms with Crippen molar-refractivity contribution in [1.29, 1.82) is 0 Å². The third-order valence-electron chi connectivity index (χ3n) is 1.81. The number of halogens is 1. The lowest BCUT2D eigenvalue weighted by molar-refractivity contribution is -0.137. The number of carbonyl (C=O) groups is 3. The number of hydrogen-bond donors (Lipinski definition) is 3. The van der Waals surface area contributed by atoms with Crippen LogP contribution in [0.4, 0.5) is 0 Å². The van der Waals surface area contributed by atoms with Crippen molar-refractivity contribution < 1.29 is 19.5 Å². The molecule has 0 unspecified atom stereocenters. The molecule has 0 aliphatic carbocycles. The van der Waals surface area contributed by atoms with Gasteiger partial charge in [-0.1, -0.05) is 0 Å². The number of aliphatic carboxylic acids is 1. The number of aromatic nitrogens is 1. The maximum Gasteiger partial charge on any atom is 0.322 e. The summed E-state index contributed by atoms with van der Waals surface area (Å²) in [5, 5.41) is 12.8. The molecule has 0 fully saturated rings. The van der Waals surface area contributed by atoms with E-state index in [1.807, 2.05) is 0 Å². The number of carboxylic acids is 1. The Kier molecular flexibility index (Phi) is 5.25. The molecule has 0 spiro atoms. The molecule has 0 aromatic carbocycles. The summed E-state index contributed by atoms with van der Waals surface area (Å²) >= 11 is 3.16. The Labute approximate surface area is 111 Å². The molecule has 1 heterocycles. The van der Waals surface area contributed by atoms with E-state index >= 15 is 0 Å². The topological polar surface area (TPSA) is 108 Å². The summed E-state index contributed by atoms with van der Waals surface area (Å²) in [7, 11) is 0. The number of nitrogens with zero attached hydrogens (tertiary/aromatic N) is 1. The number of pyridine rings is 1. The van der Waals surface area contributed by atoms with Crippen LogP contribution in [0.1, 0.15) is 10.4 Å². The molecule has 0 saturated carbocycles. The van der Waals surface area contributed by atoms with Gasteiger partial charge in [-0.15, -0.1) is 0 Å². The summed E-state index contributed by atoms with van der Waals surface area (Å²) in [6.07, 6.45) is 2.88. The minimum Gasteiger partial charge on any atom is -0.480 e. The molecule has 1 aromatic heterocycles. The van der Waals surface area contributed by atoms with Crippen molar-refractivity contribution in [1.82, 2.24) is 15.6 Å². The zero-order valence-electron chi connectivity index (χ0n) is 9.14.